The van der Waals surface area contributed by atoms with Crippen molar-refractivity contribution in [1.82, 2.24) is 5.43 Å². The number of nitrogens with two attached hydrogens (primary N) is 1. The molecular formula is C17H23N3. The molecule has 0 heterocycles. The zero-order valence-electron chi connectivity index (χ0n) is 12.4. The molecule has 0 fully saturated rings. The zero-order chi connectivity index (χ0) is 14.5. The Morgan fingerprint density at radius 2 is 1.80 bits per heavy atom. The van der Waals surface area contributed by atoms with Gasteiger partial charge in [0.05, 0.1) is 6.04 Å². The van der Waals surface area contributed by atoms with Crippen LogP contribution < -0.4 is 16.2 Å². The van der Waals surface area contributed by atoms with E-state index in [0.29, 0.717) is 0 Å². The number of hydrogen-bond donors (Lipinski definition) is 2. The van der Waals surface area contributed by atoms with Gasteiger partial charge in [0.2, 0.25) is 0 Å². The van der Waals surface area contributed by atoms with Crippen LogP contribution in [0.1, 0.15) is 22.7 Å². The summed E-state index contributed by atoms with van der Waals surface area (Å²) in [6, 6.07) is 17.2. The Bertz CT molecular complexity index is 546. The first-order valence-electron chi connectivity index (χ1n) is 6.89. The van der Waals surface area contributed by atoms with Crippen LogP contribution in [0.2, 0.25) is 0 Å². The van der Waals surface area contributed by atoms with Crippen molar-refractivity contribution in [1.29, 1.82) is 0 Å². The average Bonchev–Trinajstić information content (AvgIpc) is 2.46. The SMILES string of the molecule is Cc1ccc(CC(NN)c2cccc(N(C)C)c2)cc1. The molecule has 0 aliphatic rings. The fraction of sp³-hybridized carbons (Fsp3) is 0.294. The summed E-state index contributed by atoms with van der Waals surface area (Å²) in [6.45, 7) is 2.10. The van der Waals surface area contributed by atoms with E-state index in [1.165, 1.54) is 22.4 Å². The van der Waals surface area contributed by atoms with Gasteiger partial charge in [0.1, 0.15) is 0 Å². The first kappa shape index (κ1) is 14.6. The summed E-state index contributed by atoms with van der Waals surface area (Å²) in [6.07, 6.45) is 0.883. The monoisotopic (exact) mass is 269 g/mol. The molecule has 1 atom stereocenters. The van der Waals surface area contributed by atoms with E-state index in [1.54, 1.807) is 0 Å². The van der Waals surface area contributed by atoms with Crippen molar-refractivity contribution >= 4 is 5.69 Å². The minimum absolute atomic E-state index is 0.123. The Labute approximate surface area is 121 Å². The molecule has 0 bridgehead atoms. The second kappa shape index (κ2) is 6.55. The van der Waals surface area contributed by atoms with E-state index in [1.807, 2.05) is 14.1 Å². The topological polar surface area (TPSA) is 41.3 Å². The molecule has 0 radical (unpaired) electrons. The number of hydrazine groups is 1. The van der Waals surface area contributed by atoms with Crippen LogP contribution in [0.15, 0.2) is 48.5 Å². The first-order chi connectivity index (χ1) is 9.60. The molecule has 0 aliphatic heterocycles. The zero-order valence-corrected chi connectivity index (χ0v) is 12.4. The molecule has 0 aromatic heterocycles. The van der Waals surface area contributed by atoms with Crippen LogP contribution >= 0.6 is 0 Å². The van der Waals surface area contributed by atoms with Crippen molar-refractivity contribution in [2.45, 2.75) is 19.4 Å². The normalized spacial score (nSPS) is 12.2. The third kappa shape index (κ3) is 3.59. The second-order valence-corrected chi connectivity index (χ2v) is 5.40. The third-order valence-electron chi connectivity index (χ3n) is 3.55. The molecule has 2 aromatic carbocycles. The van der Waals surface area contributed by atoms with Crippen LogP contribution in [0.4, 0.5) is 5.69 Å². The van der Waals surface area contributed by atoms with Gasteiger partial charge in [-0.3, -0.25) is 11.3 Å². The lowest BCUT2D eigenvalue weighted by Crippen LogP contribution is -2.29. The van der Waals surface area contributed by atoms with Gasteiger partial charge in [0, 0.05) is 19.8 Å². The molecule has 106 valence electrons. The lowest BCUT2D eigenvalue weighted by Gasteiger charge is -2.19. The summed E-state index contributed by atoms with van der Waals surface area (Å²) >= 11 is 0. The molecule has 3 nitrogen and oxygen atoms in total. The molecule has 0 aliphatic carbocycles. The highest BCUT2D eigenvalue weighted by Gasteiger charge is 2.11. The summed E-state index contributed by atoms with van der Waals surface area (Å²) in [4.78, 5) is 2.10. The highest BCUT2D eigenvalue weighted by atomic mass is 15.2. The van der Waals surface area contributed by atoms with Crippen LogP contribution in [-0.2, 0) is 6.42 Å². The van der Waals surface area contributed by atoms with Crippen LogP contribution in [0.25, 0.3) is 0 Å². The Kier molecular flexibility index (Phi) is 4.77. The molecule has 3 N–H and O–H groups in total. The van der Waals surface area contributed by atoms with Crippen molar-refractivity contribution in [3.8, 4) is 0 Å². The van der Waals surface area contributed by atoms with Gasteiger partial charge in [-0.25, -0.2) is 0 Å². The maximum atomic E-state index is 5.75. The van der Waals surface area contributed by atoms with Crippen molar-refractivity contribution in [3.05, 3.63) is 65.2 Å². The van der Waals surface area contributed by atoms with Crippen molar-refractivity contribution < 1.29 is 0 Å². The number of aryl methyl sites for hydroxylation is 1. The van der Waals surface area contributed by atoms with Gasteiger partial charge in [0.25, 0.3) is 0 Å². The van der Waals surface area contributed by atoms with E-state index in [-0.39, 0.29) is 6.04 Å². The number of nitrogens with one attached hydrogen (secondary N) is 1. The van der Waals surface area contributed by atoms with E-state index < -0.39 is 0 Å². The van der Waals surface area contributed by atoms with Crippen molar-refractivity contribution in [3.63, 3.8) is 0 Å². The minimum Gasteiger partial charge on any atom is -0.378 e. The quantitative estimate of drug-likeness (QED) is 0.648. The highest BCUT2D eigenvalue weighted by Crippen LogP contribution is 2.22. The van der Waals surface area contributed by atoms with E-state index in [0.717, 1.165) is 6.42 Å². The molecule has 0 saturated heterocycles. The van der Waals surface area contributed by atoms with E-state index >= 15 is 0 Å². The maximum Gasteiger partial charge on any atom is 0.0501 e. The smallest absolute Gasteiger partial charge is 0.0501 e. The molecule has 20 heavy (non-hydrogen) atoms. The van der Waals surface area contributed by atoms with Crippen molar-refractivity contribution in [2.75, 3.05) is 19.0 Å². The van der Waals surface area contributed by atoms with Gasteiger partial charge in [-0.2, -0.15) is 0 Å². The van der Waals surface area contributed by atoms with Gasteiger partial charge < -0.3 is 4.90 Å². The number of benzene rings is 2. The van der Waals surface area contributed by atoms with Gasteiger partial charge in [0.15, 0.2) is 0 Å². The minimum atomic E-state index is 0.123. The van der Waals surface area contributed by atoms with Gasteiger partial charge >= 0.3 is 0 Å². The fourth-order valence-corrected chi connectivity index (χ4v) is 2.25. The van der Waals surface area contributed by atoms with Gasteiger partial charge in [-0.15, -0.1) is 0 Å². The number of anilines is 1. The predicted octanol–water partition coefficient (Wildman–Crippen LogP) is 2.81. The summed E-state index contributed by atoms with van der Waals surface area (Å²) in [5, 5.41) is 0. The summed E-state index contributed by atoms with van der Waals surface area (Å²) in [7, 11) is 4.09. The average molecular weight is 269 g/mol. The van der Waals surface area contributed by atoms with Crippen LogP contribution in [0, 0.1) is 6.92 Å². The molecule has 2 aromatic rings. The molecule has 0 saturated carbocycles. The third-order valence-corrected chi connectivity index (χ3v) is 3.55. The molecule has 0 amide bonds. The fourth-order valence-electron chi connectivity index (χ4n) is 2.25. The highest BCUT2D eigenvalue weighted by molar-refractivity contribution is 5.48. The first-order valence-corrected chi connectivity index (χ1v) is 6.89. The number of rotatable bonds is 5. The Morgan fingerprint density at radius 1 is 1.10 bits per heavy atom. The maximum absolute atomic E-state index is 5.75. The van der Waals surface area contributed by atoms with Crippen molar-refractivity contribution in [2.24, 2.45) is 5.84 Å². The largest absolute Gasteiger partial charge is 0.378 e. The standard InChI is InChI=1S/C17H23N3/c1-13-7-9-14(10-8-13)11-17(19-18)15-5-4-6-16(12-15)20(2)3/h4-10,12,17,19H,11,18H2,1-3H3. The number of nitrogens with zero attached hydrogens (tertiary/aromatic N) is 1. The number of hydrogen-bond acceptors (Lipinski definition) is 3. The molecule has 2 rings (SSSR count). The molecule has 0 spiro atoms. The summed E-state index contributed by atoms with van der Waals surface area (Å²) in [5.74, 6) is 5.75. The van der Waals surface area contributed by atoms with E-state index in [9.17, 15) is 0 Å². The van der Waals surface area contributed by atoms with Crippen LogP contribution in [0.5, 0.6) is 0 Å². The van der Waals surface area contributed by atoms with Gasteiger partial charge in [-0.1, -0.05) is 42.0 Å². The molecule has 1 unspecified atom stereocenters. The lowest BCUT2D eigenvalue weighted by molar-refractivity contribution is 0.552. The Morgan fingerprint density at radius 3 is 2.40 bits per heavy atom. The lowest BCUT2D eigenvalue weighted by atomic mass is 9.98. The second-order valence-electron chi connectivity index (χ2n) is 5.40. The Hall–Kier alpha value is -1.84. The van der Waals surface area contributed by atoms with Gasteiger partial charge in [-0.05, 0) is 36.6 Å². The molecular weight excluding hydrogens is 246 g/mol. The molecule has 3 heteroatoms. The van der Waals surface area contributed by atoms with E-state index in [2.05, 4.69) is 65.8 Å². The summed E-state index contributed by atoms with van der Waals surface area (Å²) < 4.78 is 0. The Balaban J connectivity index is 2.19. The van der Waals surface area contributed by atoms with Crippen LogP contribution in [0.3, 0.4) is 0 Å². The van der Waals surface area contributed by atoms with Crippen LogP contribution in [-0.4, -0.2) is 14.1 Å². The summed E-state index contributed by atoms with van der Waals surface area (Å²) in [5.41, 5.74) is 7.89. The van der Waals surface area contributed by atoms with E-state index in [4.69, 9.17) is 5.84 Å². The predicted molar refractivity (Wildman–Crippen MR) is 85.7 cm³/mol.